The molecule has 2 unspecified atom stereocenters. The highest BCUT2D eigenvalue weighted by atomic mass is 16.6. The second-order valence-electron chi connectivity index (χ2n) is 3.07. The van der Waals surface area contributed by atoms with Crippen molar-refractivity contribution in [2.45, 2.75) is 37.4 Å². The number of aliphatic hydroxyl groups excluding tert-OH is 3. The molecule has 0 radical (unpaired) electrons. The first-order valence-corrected chi connectivity index (χ1v) is 3.87. The van der Waals surface area contributed by atoms with Crippen molar-refractivity contribution in [3.63, 3.8) is 0 Å². The van der Waals surface area contributed by atoms with Crippen LogP contribution in [-0.2, 0) is 9.53 Å². The predicted octanol–water partition coefficient (Wildman–Crippen LogP) is -2.06. The molecule has 6 nitrogen and oxygen atoms in total. The maximum Gasteiger partial charge on any atom is 0.335 e. The van der Waals surface area contributed by atoms with Gasteiger partial charge in [0.05, 0.1) is 6.10 Å². The molecule has 0 aromatic heterocycles. The van der Waals surface area contributed by atoms with E-state index in [1.54, 1.807) is 0 Å². The molecule has 1 aliphatic rings. The number of carboxylic acids is 1. The van der Waals surface area contributed by atoms with Crippen LogP contribution in [-0.4, -0.2) is 56.9 Å². The molecular weight excluding hydrogens is 180 g/mol. The Bertz CT molecular complexity index is 205. The van der Waals surface area contributed by atoms with E-state index >= 15 is 0 Å². The summed E-state index contributed by atoms with van der Waals surface area (Å²) in [5.74, 6) is -1.36. The molecule has 6 heteroatoms. The smallest absolute Gasteiger partial charge is 0.335 e. The van der Waals surface area contributed by atoms with Gasteiger partial charge in [-0.15, -0.1) is 0 Å². The molecule has 1 fully saturated rings. The fourth-order valence-electron chi connectivity index (χ4n) is 1.26. The molecular formula is C7H12O6. The maximum absolute atomic E-state index is 10.5. The van der Waals surface area contributed by atoms with Crippen molar-refractivity contribution in [1.82, 2.24) is 0 Å². The molecule has 0 aromatic carbocycles. The lowest BCUT2D eigenvalue weighted by Gasteiger charge is -2.37. The van der Waals surface area contributed by atoms with Gasteiger partial charge >= 0.3 is 5.97 Å². The Morgan fingerprint density at radius 3 is 2.15 bits per heavy atom. The fraction of sp³-hybridized carbons (Fsp3) is 0.857. The van der Waals surface area contributed by atoms with Crippen LogP contribution < -0.4 is 0 Å². The summed E-state index contributed by atoms with van der Waals surface area (Å²) < 4.78 is 4.78. The lowest BCUT2D eigenvalue weighted by atomic mass is 9.96. The van der Waals surface area contributed by atoms with Crippen molar-refractivity contribution >= 4 is 5.97 Å². The minimum absolute atomic E-state index is 0.806. The Kier molecular flexibility index (Phi) is 2.87. The lowest BCUT2D eigenvalue weighted by Crippen LogP contribution is -2.58. The molecule has 0 saturated carbocycles. The zero-order chi connectivity index (χ0) is 10.2. The van der Waals surface area contributed by atoms with Gasteiger partial charge in [-0.3, -0.25) is 0 Å². The number of hydrogen-bond acceptors (Lipinski definition) is 5. The number of carbonyl (C=O) groups is 1. The van der Waals surface area contributed by atoms with Gasteiger partial charge in [0.25, 0.3) is 0 Å². The van der Waals surface area contributed by atoms with Gasteiger partial charge in [-0.05, 0) is 6.92 Å². The fourth-order valence-corrected chi connectivity index (χ4v) is 1.26. The number of ether oxygens (including phenoxy) is 1. The first kappa shape index (κ1) is 10.4. The summed E-state index contributed by atoms with van der Waals surface area (Å²) in [6.07, 6.45) is -6.62. The zero-order valence-electron chi connectivity index (χ0n) is 6.99. The highest BCUT2D eigenvalue weighted by molar-refractivity contribution is 5.73. The molecule has 0 aromatic rings. The van der Waals surface area contributed by atoms with Crippen molar-refractivity contribution in [2.75, 3.05) is 0 Å². The van der Waals surface area contributed by atoms with E-state index in [1.165, 1.54) is 6.92 Å². The Balaban J connectivity index is 2.76. The van der Waals surface area contributed by atoms with Crippen LogP contribution >= 0.6 is 0 Å². The van der Waals surface area contributed by atoms with Crippen LogP contribution in [0.5, 0.6) is 0 Å². The van der Waals surface area contributed by atoms with Crippen molar-refractivity contribution in [1.29, 1.82) is 0 Å². The zero-order valence-corrected chi connectivity index (χ0v) is 6.99. The molecule has 0 amide bonds. The van der Waals surface area contributed by atoms with Crippen molar-refractivity contribution in [3.8, 4) is 0 Å². The molecule has 76 valence electrons. The highest BCUT2D eigenvalue weighted by Crippen LogP contribution is 2.20. The number of carboxylic acid groups (broad SMARTS) is 1. The third kappa shape index (κ3) is 1.80. The summed E-state index contributed by atoms with van der Waals surface area (Å²) in [7, 11) is 0. The monoisotopic (exact) mass is 192 g/mol. The topological polar surface area (TPSA) is 107 Å². The van der Waals surface area contributed by atoms with Crippen LogP contribution in [0.4, 0.5) is 0 Å². The summed E-state index contributed by atoms with van der Waals surface area (Å²) in [5, 5.41) is 36.1. The summed E-state index contributed by atoms with van der Waals surface area (Å²) in [6, 6.07) is 0. The molecule has 1 aliphatic heterocycles. The van der Waals surface area contributed by atoms with Gasteiger partial charge in [0, 0.05) is 0 Å². The number of aliphatic carboxylic acids is 1. The van der Waals surface area contributed by atoms with E-state index in [1.807, 2.05) is 0 Å². The van der Waals surface area contributed by atoms with E-state index in [0.717, 1.165) is 0 Å². The number of rotatable bonds is 1. The molecule has 1 rings (SSSR count). The molecule has 0 aliphatic carbocycles. The molecule has 13 heavy (non-hydrogen) atoms. The summed E-state index contributed by atoms with van der Waals surface area (Å²) in [5.41, 5.74) is 0. The third-order valence-electron chi connectivity index (χ3n) is 2.10. The highest BCUT2D eigenvalue weighted by Gasteiger charge is 2.44. The third-order valence-corrected chi connectivity index (χ3v) is 2.10. The van der Waals surface area contributed by atoms with Crippen LogP contribution in [0.2, 0.25) is 0 Å². The van der Waals surface area contributed by atoms with Crippen LogP contribution in [0, 0.1) is 0 Å². The lowest BCUT2D eigenvalue weighted by molar-refractivity contribution is -0.223. The van der Waals surface area contributed by atoms with E-state index in [2.05, 4.69) is 0 Å². The van der Waals surface area contributed by atoms with Gasteiger partial charge in [0.2, 0.25) is 0 Å². The Morgan fingerprint density at radius 2 is 1.69 bits per heavy atom. The van der Waals surface area contributed by atoms with Gasteiger partial charge in [-0.1, -0.05) is 0 Å². The molecule has 4 N–H and O–H groups in total. The van der Waals surface area contributed by atoms with E-state index in [9.17, 15) is 20.1 Å². The van der Waals surface area contributed by atoms with Gasteiger partial charge in [0.1, 0.15) is 18.3 Å². The molecule has 0 bridgehead atoms. The molecule has 1 saturated heterocycles. The van der Waals surface area contributed by atoms with Crippen LogP contribution in [0.15, 0.2) is 0 Å². The normalized spacial score (nSPS) is 46.0. The van der Waals surface area contributed by atoms with Gasteiger partial charge in [0.15, 0.2) is 6.10 Å². The van der Waals surface area contributed by atoms with Crippen LogP contribution in [0.3, 0.4) is 0 Å². The first-order chi connectivity index (χ1) is 5.95. The number of aliphatic hydroxyl groups is 3. The van der Waals surface area contributed by atoms with Crippen LogP contribution in [0.1, 0.15) is 6.92 Å². The van der Waals surface area contributed by atoms with Crippen molar-refractivity contribution in [2.24, 2.45) is 0 Å². The minimum Gasteiger partial charge on any atom is -0.479 e. The predicted molar refractivity (Wildman–Crippen MR) is 40.0 cm³/mol. The van der Waals surface area contributed by atoms with E-state index < -0.39 is 36.5 Å². The largest absolute Gasteiger partial charge is 0.479 e. The second kappa shape index (κ2) is 3.59. The number of hydrogen-bond donors (Lipinski definition) is 4. The molecule has 0 spiro atoms. The molecule has 1 heterocycles. The van der Waals surface area contributed by atoms with Crippen molar-refractivity contribution in [3.05, 3.63) is 0 Å². The molecule has 5 atom stereocenters. The van der Waals surface area contributed by atoms with Crippen LogP contribution in [0.25, 0.3) is 0 Å². The average Bonchev–Trinajstić information content (AvgIpc) is 2.07. The SMILES string of the molecule is CC1O[C@H](C(=O)O)C(O)[C@H](O)[C@H]1O. The quantitative estimate of drug-likeness (QED) is 0.380. The first-order valence-electron chi connectivity index (χ1n) is 3.87. The Labute approximate surface area is 74.4 Å². The summed E-state index contributed by atoms with van der Waals surface area (Å²) in [6.45, 7) is 1.43. The Morgan fingerprint density at radius 1 is 1.15 bits per heavy atom. The van der Waals surface area contributed by atoms with E-state index in [0.29, 0.717) is 0 Å². The summed E-state index contributed by atoms with van der Waals surface area (Å²) >= 11 is 0. The van der Waals surface area contributed by atoms with E-state index in [-0.39, 0.29) is 0 Å². The standard InChI is InChI=1S/C7H12O6/c1-2-3(8)4(9)5(10)6(13-2)7(11)12/h2-6,8-10H,1H3,(H,11,12)/t2?,3-,4+,5?,6-/m0/s1. The van der Waals surface area contributed by atoms with Gasteiger partial charge in [-0.25, -0.2) is 4.79 Å². The van der Waals surface area contributed by atoms with Crippen molar-refractivity contribution < 1.29 is 30.0 Å². The minimum atomic E-state index is -1.59. The average molecular weight is 192 g/mol. The second-order valence-corrected chi connectivity index (χ2v) is 3.07. The Hall–Kier alpha value is -0.690. The van der Waals surface area contributed by atoms with E-state index in [4.69, 9.17) is 9.84 Å². The maximum atomic E-state index is 10.5. The van der Waals surface area contributed by atoms with Gasteiger partial charge < -0.3 is 25.2 Å². The van der Waals surface area contributed by atoms with Gasteiger partial charge in [-0.2, -0.15) is 0 Å². The summed E-state index contributed by atoms with van der Waals surface area (Å²) in [4.78, 5) is 10.5.